The Balaban J connectivity index is 1.55. The van der Waals surface area contributed by atoms with E-state index in [0.717, 1.165) is 0 Å². The van der Waals surface area contributed by atoms with Gasteiger partial charge in [0.05, 0.1) is 28.5 Å². The van der Waals surface area contributed by atoms with Crippen LogP contribution in [0.2, 0.25) is 0 Å². The van der Waals surface area contributed by atoms with Gasteiger partial charge in [0.25, 0.3) is 5.56 Å². The van der Waals surface area contributed by atoms with Crippen LogP contribution in [0.25, 0.3) is 6.08 Å². The van der Waals surface area contributed by atoms with E-state index in [2.05, 4.69) is 4.99 Å². The van der Waals surface area contributed by atoms with E-state index in [4.69, 9.17) is 9.47 Å². The van der Waals surface area contributed by atoms with Gasteiger partial charge in [0.2, 0.25) is 0 Å². The molecule has 0 N–H and O–H groups in total. The Morgan fingerprint density at radius 2 is 1.85 bits per heavy atom. The van der Waals surface area contributed by atoms with Crippen LogP contribution in [0, 0.1) is 11.6 Å². The first-order valence-electron chi connectivity index (χ1n) is 12.3. The van der Waals surface area contributed by atoms with Crippen LogP contribution in [0.15, 0.2) is 93.9 Å². The van der Waals surface area contributed by atoms with E-state index in [0.29, 0.717) is 37.5 Å². The highest BCUT2D eigenvalue weighted by molar-refractivity contribution is 7.07. The average Bonchev–Trinajstić information content (AvgIpc) is 3.22. The Morgan fingerprint density at radius 1 is 1.08 bits per heavy atom. The van der Waals surface area contributed by atoms with E-state index in [9.17, 15) is 18.4 Å². The van der Waals surface area contributed by atoms with Gasteiger partial charge in [-0.2, -0.15) is 0 Å². The number of allylic oxidation sites excluding steroid dienone is 1. The lowest BCUT2D eigenvalue weighted by atomic mass is 9.96. The Kier molecular flexibility index (Phi) is 7.51. The van der Waals surface area contributed by atoms with Crippen LogP contribution in [0.4, 0.5) is 8.78 Å². The molecule has 0 saturated heterocycles. The maximum absolute atomic E-state index is 14.0. The second-order valence-corrected chi connectivity index (χ2v) is 9.82. The van der Waals surface area contributed by atoms with Crippen molar-refractivity contribution in [2.75, 3.05) is 6.61 Å². The first-order chi connectivity index (χ1) is 18.9. The van der Waals surface area contributed by atoms with Gasteiger partial charge in [-0.3, -0.25) is 9.36 Å². The van der Waals surface area contributed by atoms with Gasteiger partial charge in [-0.25, -0.2) is 18.6 Å². The number of esters is 1. The zero-order valence-electron chi connectivity index (χ0n) is 21.2. The van der Waals surface area contributed by atoms with Crippen molar-refractivity contribution >= 4 is 23.4 Å². The SMILES string of the molecule is CCOC(=O)C1=C(C)N=c2s/c(=C\c3cccc(OCc4ccccc4F)c3)c(=O)n2[C@H]1c1ccc(F)cc1. The van der Waals surface area contributed by atoms with E-state index in [-0.39, 0.29) is 30.2 Å². The van der Waals surface area contributed by atoms with Gasteiger partial charge < -0.3 is 9.47 Å². The highest BCUT2D eigenvalue weighted by atomic mass is 32.1. The summed E-state index contributed by atoms with van der Waals surface area (Å²) in [7, 11) is 0. The van der Waals surface area contributed by atoms with E-state index >= 15 is 0 Å². The third-order valence-electron chi connectivity index (χ3n) is 6.21. The summed E-state index contributed by atoms with van der Waals surface area (Å²) in [6.45, 7) is 3.61. The molecule has 4 aromatic rings. The van der Waals surface area contributed by atoms with E-state index in [1.807, 2.05) is 6.07 Å². The molecule has 0 amide bonds. The van der Waals surface area contributed by atoms with Crippen LogP contribution in [0.5, 0.6) is 5.75 Å². The number of carbonyl (C=O) groups is 1. The summed E-state index contributed by atoms with van der Waals surface area (Å²) in [5, 5.41) is 0. The van der Waals surface area contributed by atoms with E-state index in [1.165, 1.54) is 34.1 Å². The molecular weight excluding hydrogens is 522 g/mol. The first kappa shape index (κ1) is 26.2. The van der Waals surface area contributed by atoms with Gasteiger partial charge in [0, 0.05) is 5.56 Å². The number of aromatic nitrogens is 1. The van der Waals surface area contributed by atoms with Gasteiger partial charge in [0.1, 0.15) is 24.0 Å². The molecule has 0 aliphatic carbocycles. The molecule has 0 spiro atoms. The molecule has 1 atom stereocenters. The molecule has 0 fully saturated rings. The van der Waals surface area contributed by atoms with Crippen molar-refractivity contribution in [2.24, 2.45) is 4.99 Å². The number of rotatable bonds is 7. The van der Waals surface area contributed by atoms with Crippen LogP contribution in [0.3, 0.4) is 0 Å². The Morgan fingerprint density at radius 3 is 2.59 bits per heavy atom. The molecule has 5 rings (SSSR count). The summed E-state index contributed by atoms with van der Waals surface area (Å²) in [6.07, 6.45) is 1.71. The molecule has 1 aliphatic rings. The van der Waals surface area contributed by atoms with E-state index in [1.54, 1.807) is 68.5 Å². The maximum Gasteiger partial charge on any atom is 0.338 e. The van der Waals surface area contributed by atoms with Gasteiger partial charge >= 0.3 is 5.97 Å². The summed E-state index contributed by atoms with van der Waals surface area (Å²) in [4.78, 5) is 31.6. The van der Waals surface area contributed by atoms with Crippen LogP contribution >= 0.6 is 11.3 Å². The molecule has 2 heterocycles. The minimum Gasteiger partial charge on any atom is -0.489 e. The Bertz CT molecular complexity index is 1760. The molecule has 9 heteroatoms. The first-order valence-corrected chi connectivity index (χ1v) is 13.1. The Hall–Kier alpha value is -4.37. The van der Waals surface area contributed by atoms with Crippen LogP contribution < -0.4 is 19.6 Å². The van der Waals surface area contributed by atoms with Crippen molar-refractivity contribution < 1.29 is 23.0 Å². The number of thiazole rings is 1. The Labute approximate surface area is 226 Å². The molecule has 0 unspecified atom stereocenters. The zero-order valence-corrected chi connectivity index (χ0v) is 22.0. The fourth-order valence-electron chi connectivity index (χ4n) is 4.37. The number of halogens is 2. The largest absolute Gasteiger partial charge is 0.489 e. The van der Waals surface area contributed by atoms with Crippen molar-refractivity contribution in [3.05, 3.63) is 132 Å². The van der Waals surface area contributed by atoms with E-state index < -0.39 is 17.8 Å². The summed E-state index contributed by atoms with van der Waals surface area (Å²) in [5.41, 5.74) is 2.01. The smallest absolute Gasteiger partial charge is 0.338 e. The predicted octanol–water partition coefficient (Wildman–Crippen LogP) is 4.66. The predicted molar refractivity (Wildman–Crippen MR) is 144 cm³/mol. The number of carbonyl (C=O) groups excluding carboxylic acids is 1. The highest BCUT2D eigenvalue weighted by Gasteiger charge is 2.33. The molecule has 198 valence electrons. The number of ether oxygens (including phenoxy) is 2. The number of nitrogens with zero attached hydrogens (tertiary/aromatic N) is 2. The fraction of sp³-hybridized carbons (Fsp3) is 0.167. The van der Waals surface area contributed by atoms with Crippen molar-refractivity contribution in [3.63, 3.8) is 0 Å². The molecule has 1 aliphatic heterocycles. The average molecular weight is 547 g/mol. The van der Waals surface area contributed by atoms with Gasteiger partial charge in [-0.15, -0.1) is 0 Å². The molecular formula is C30H24F2N2O4S. The van der Waals surface area contributed by atoms with Crippen molar-refractivity contribution in [3.8, 4) is 5.75 Å². The maximum atomic E-state index is 14.0. The second-order valence-electron chi connectivity index (χ2n) is 8.81. The number of benzene rings is 3. The molecule has 39 heavy (non-hydrogen) atoms. The van der Waals surface area contributed by atoms with Crippen LogP contribution in [-0.2, 0) is 16.1 Å². The van der Waals surface area contributed by atoms with Crippen LogP contribution in [-0.4, -0.2) is 17.1 Å². The minimum atomic E-state index is -0.821. The third-order valence-corrected chi connectivity index (χ3v) is 7.19. The third kappa shape index (κ3) is 5.44. The molecule has 0 saturated carbocycles. The topological polar surface area (TPSA) is 69.9 Å². The van der Waals surface area contributed by atoms with Gasteiger partial charge in [-0.05, 0) is 61.4 Å². The summed E-state index contributed by atoms with van der Waals surface area (Å²) >= 11 is 1.18. The lowest BCUT2D eigenvalue weighted by molar-refractivity contribution is -0.139. The lowest BCUT2D eigenvalue weighted by Crippen LogP contribution is -2.39. The number of fused-ring (bicyclic) bond motifs is 1. The summed E-state index contributed by atoms with van der Waals surface area (Å²) in [6, 6.07) is 18.4. The molecule has 3 aromatic carbocycles. The lowest BCUT2D eigenvalue weighted by Gasteiger charge is -2.24. The monoisotopic (exact) mass is 546 g/mol. The molecule has 1 aromatic heterocycles. The molecule has 0 radical (unpaired) electrons. The van der Waals surface area contributed by atoms with Crippen molar-refractivity contribution in [1.82, 2.24) is 4.57 Å². The number of hydrogen-bond acceptors (Lipinski definition) is 6. The van der Waals surface area contributed by atoms with Crippen molar-refractivity contribution in [2.45, 2.75) is 26.5 Å². The molecule has 0 bridgehead atoms. The highest BCUT2D eigenvalue weighted by Crippen LogP contribution is 2.30. The summed E-state index contributed by atoms with van der Waals surface area (Å²) < 4.78 is 40.6. The molecule has 6 nitrogen and oxygen atoms in total. The second kappa shape index (κ2) is 11.2. The standard InChI is InChI=1S/C30H24F2N2O4S/c1-3-37-29(36)26-18(2)33-30-34(27(26)20-11-13-22(31)14-12-20)28(35)25(39-30)16-19-7-6-9-23(15-19)38-17-21-8-4-5-10-24(21)32/h4-16,27H,3,17H2,1-2H3/b25-16-/t27-/m0/s1. The van der Waals surface area contributed by atoms with Crippen LogP contribution in [0.1, 0.15) is 36.6 Å². The summed E-state index contributed by atoms with van der Waals surface area (Å²) in [5.74, 6) is -0.837. The van der Waals surface area contributed by atoms with Gasteiger partial charge in [-0.1, -0.05) is 53.8 Å². The van der Waals surface area contributed by atoms with Gasteiger partial charge in [0.15, 0.2) is 4.80 Å². The quantitative estimate of drug-likeness (QED) is 0.317. The zero-order chi connectivity index (χ0) is 27.5. The number of hydrogen-bond donors (Lipinski definition) is 0. The fourth-order valence-corrected chi connectivity index (χ4v) is 5.42. The van der Waals surface area contributed by atoms with Crippen molar-refractivity contribution in [1.29, 1.82) is 0 Å². The minimum absolute atomic E-state index is 0.0614. The normalized spacial score (nSPS) is 15.1.